The summed E-state index contributed by atoms with van der Waals surface area (Å²) < 4.78 is 0. The maximum atomic E-state index is 12.6. The Morgan fingerprint density at radius 3 is 2.75 bits per heavy atom. The van der Waals surface area contributed by atoms with Crippen molar-refractivity contribution in [1.29, 1.82) is 0 Å². The number of carbonyl (C=O) groups excluding carboxylic acids is 1. The number of H-pyrrole nitrogens is 1. The Labute approximate surface area is 119 Å². The van der Waals surface area contributed by atoms with Crippen molar-refractivity contribution in [2.45, 2.75) is 13.3 Å². The third kappa shape index (κ3) is 3.36. The van der Waals surface area contributed by atoms with Crippen LogP contribution in [-0.4, -0.2) is 59.6 Å². The molecule has 2 rings (SSSR count). The van der Waals surface area contributed by atoms with Gasteiger partial charge in [0.25, 0.3) is 5.91 Å². The summed E-state index contributed by atoms with van der Waals surface area (Å²) in [6, 6.07) is 5.68. The summed E-state index contributed by atoms with van der Waals surface area (Å²) in [6.45, 7) is 4.50. The molecule has 0 atom stereocenters. The fourth-order valence-electron chi connectivity index (χ4n) is 2.16. The van der Waals surface area contributed by atoms with Crippen molar-refractivity contribution >= 4 is 16.8 Å². The van der Waals surface area contributed by atoms with Crippen LogP contribution in [0.15, 0.2) is 24.4 Å². The number of hydrogen-bond acceptors (Lipinski definition) is 3. The van der Waals surface area contributed by atoms with Crippen molar-refractivity contribution in [3.05, 3.63) is 30.0 Å². The van der Waals surface area contributed by atoms with Crippen LogP contribution in [0.1, 0.15) is 23.7 Å². The van der Waals surface area contributed by atoms with Crippen molar-refractivity contribution in [2.75, 3.05) is 33.7 Å². The number of aromatic amines is 1. The molecule has 5 nitrogen and oxygen atoms in total. The molecule has 0 bridgehead atoms. The van der Waals surface area contributed by atoms with E-state index in [1.807, 2.05) is 37.2 Å². The van der Waals surface area contributed by atoms with Crippen LogP contribution < -0.4 is 0 Å². The minimum Gasteiger partial charge on any atom is -0.337 e. The molecule has 5 heteroatoms. The Morgan fingerprint density at radius 1 is 1.25 bits per heavy atom. The third-order valence-corrected chi connectivity index (χ3v) is 3.29. The van der Waals surface area contributed by atoms with E-state index in [-0.39, 0.29) is 5.91 Å². The molecular weight excluding hydrogens is 252 g/mol. The molecule has 0 saturated heterocycles. The molecular formula is C15H22N4O. The van der Waals surface area contributed by atoms with Crippen LogP contribution in [-0.2, 0) is 0 Å². The van der Waals surface area contributed by atoms with E-state index in [9.17, 15) is 4.79 Å². The van der Waals surface area contributed by atoms with Gasteiger partial charge in [-0.05, 0) is 32.6 Å². The number of likely N-dealkylation sites (N-methyl/N-ethyl adjacent to an activating group) is 1. The Bertz CT molecular complexity index is 576. The van der Waals surface area contributed by atoms with E-state index in [2.05, 4.69) is 22.0 Å². The molecule has 0 saturated carbocycles. The van der Waals surface area contributed by atoms with E-state index in [4.69, 9.17) is 0 Å². The molecule has 0 spiro atoms. The number of amides is 1. The van der Waals surface area contributed by atoms with E-state index in [1.165, 1.54) is 0 Å². The van der Waals surface area contributed by atoms with Crippen LogP contribution in [0, 0.1) is 0 Å². The average Bonchev–Trinajstić information content (AvgIpc) is 2.89. The summed E-state index contributed by atoms with van der Waals surface area (Å²) in [5.41, 5.74) is 1.62. The highest BCUT2D eigenvalue weighted by Crippen LogP contribution is 2.14. The fraction of sp³-hybridized carbons (Fsp3) is 0.467. The van der Waals surface area contributed by atoms with Gasteiger partial charge < -0.3 is 9.80 Å². The number of carbonyl (C=O) groups is 1. The summed E-state index contributed by atoms with van der Waals surface area (Å²) >= 11 is 0. The van der Waals surface area contributed by atoms with Crippen LogP contribution in [0.5, 0.6) is 0 Å². The molecule has 1 aromatic heterocycles. The van der Waals surface area contributed by atoms with Crippen molar-refractivity contribution in [1.82, 2.24) is 20.0 Å². The highest BCUT2D eigenvalue weighted by atomic mass is 16.2. The average molecular weight is 274 g/mol. The fourth-order valence-corrected chi connectivity index (χ4v) is 2.16. The SMILES string of the molecule is CCCN(CCN(C)C)C(=O)c1ccc2cn[nH]c2c1. The number of hydrogen-bond donors (Lipinski definition) is 1. The summed E-state index contributed by atoms with van der Waals surface area (Å²) in [7, 11) is 4.04. The first-order valence-electron chi connectivity index (χ1n) is 6.99. The lowest BCUT2D eigenvalue weighted by Crippen LogP contribution is -2.37. The molecule has 1 aromatic carbocycles. The topological polar surface area (TPSA) is 52.2 Å². The minimum absolute atomic E-state index is 0.0881. The molecule has 1 amide bonds. The number of aromatic nitrogens is 2. The molecule has 2 aromatic rings. The maximum absolute atomic E-state index is 12.6. The second-order valence-corrected chi connectivity index (χ2v) is 5.27. The first kappa shape index (κ1) is 14.5. The van der Waals surface area contributed by atoms with E-state index < -0.39 is 0 Å². The van der Waals surface area contributed by atoms with E-state index in [0.29, 0.717) is 5.56 Å². The Hall–Kier alpha value is -1.88. The number of rotatable bonds is 6. The molecule has 0 aliphatic carbocycles. The zero-order valence-corrected chi connectivity index (χ0v) is 12.4. The Kier molecular flexibility index (Phi) is 4.74. The van der Waals surface area contributed by atoms with Gasteiger partial charge in [-0.15, -0.1) is 0 Å². The highest BCUT2D eigenvalue weighted by Gasteiger charge is 2.15. The minimum atomic E-state index is 0.0881. The monoisotopic (exact) mass is 274 g/mol. The second kappa shape index (κ2) is 6.52. The van der Waals surface area contributed by atoms with Gasteiger partial charge in [-0.25, -0.2) is 0 Å². The quantitative estimate of drug-likeness (QED) is 0.876. The van der Waals surface area contributed by atoms with E-state index in [1.54, 1.807) is 6.20 Å². The van der Waals surface area contributed by atoms with Gasteiger partial charge in [0.05, 0.1) is 11.7 Å². The third-order valence-electron chi connectivity index (χ3n) is 3.29. The molecule has 0 radical (unpaired) electrons. The summed E-state index contributed by atoms with van der Waals surface area (Å²) in [5, 5.41) is 7.92. The standard InChI is InChI=1S/C15H22N4O/c1-4-7-19(9-8-18(2)3)15(20)12-5-6-13-11-16-17-14(13)10-12/h5-6,10-11H,4,7-9H2,1-3H3,(H,16,17). The zero-order valence-electron chi connectivity index (χ0n) is 12.4. The zero-order chi connectivity index (χ0) is 14.5. The van der Waals surface area contributed by atoms with Gasteiger partial charge in [0.2, 0.25) is 0 Å². The van der Waals surface area contributed by atoms with Crippen molar-refractivity contribution in [3.63, 3.8) is 0 Å². The first-order chi connectivity index (χ1) is 9.61. The van der Waals surface area contributed by atoms with Gasteiger partial charge in [0.1, 0.15) is 0 Å². The summed E-state index contributed by atoms with van der Waals surface area (Å²) in [4.78, 5) is 16.6. The molecule has 0 fully saturated rings. The summed E-state index contributed by atoms with van der Waals surface area (Å²) in [5.74, 6) is 0.0881. The summed E-state index contributed by atoms with van der Waals surface area (Å²) in [6.07, 6.45) is 2.73. The Balaban J connectivity index is 2.16. The van der Waals surface area contributed by atoms with Crippen molar-refractivity contribution in [2.24, 2.45) is 0 Å². The van der Waals surface area contributed by atoms with Gasteiger partial charge >= 0.3 is 0 Å². The van der Waals surface area contributed by atoms with Crippen LogP contribution in [0.3, 0.4) is 0 Å². The molecule has 1 heterocycles. The van der Waals surface area contributed by atoms with Gasteiger partial charge in [-0.1, -0.05) is 13.0 Å². The predicted octanol–water partition coefficient (Wildman–Crippen LogP) is 1.98. The normalized spacial score (nSPS) is 11.2. The smallest absolute Gasteiger partial charge is 0.253 e. The Morgan fingerprint density at radius 2 is 2.05 bits per heavy atom. The largest absolute Gasteiger partial charge is 0.337 e. The lowest BCUT2D eigenvalue weighted by molar-refractivity contribution is 0.0745. The van der Waals surface area contributed by atoms with Crippen LogP contribution >= 0.6 is 0 Å². The van der Waals surface area contributed by atoms with Gasteiger partial charge in [-0.3, -0.25) is 9.89 Å². The molecule has 108 valence electrons. The van der Waals surface area contributed by atoms with Gasteiger partial charge in [0.15, 0.2) is 0 Å². The van der Waals surface area contributed by atoms with E-state index >= 15 is 0 Å². The lowest BCUT2D eigenvalue weighted by atomic mass is 10.1. The molecule has 0 aliphatic heterocycles. The predicted molar refractivity (Wildman–Crippen MR) is 80.8 cm³/mol. The van der Waals surface area contributed by atoms with Crippen molar-refractivity contribution in [3.8, 4) is 0 Å². The molecule has 0 unspecified atom stereocenters. The molecule has 1 N–H and O–H groups in total. The number of nitrogens with zero attached hydrogens (tertiary/aromatic N) is 3. The highest BCUT2D eigenvalue weighted by molar-refractivity contribution is 5.97. The lowest BCUT2D eigenvalue weighted by Gasteiger charge is -2.24. The van der Waals surface area contributed by atoms with Crippen LogP contribution in [0.2, 0.25) is 0 Å². The number of fused-ring (bicyclic) bond motifs is 1. The molecule has 20 heavy (non-hydrogen) atoms. The second-order valence-electron chi connectivity index (χ2n) is 5.27. The number of benzene rings is 1. The van der Waals surface area contributed by atoms with Gasteiger partial charge in [0, 0.05) is 30.6 Å². The van der Waals surface area contributed by atoms with Crippen LogP contribution in [0.25, 0.3) is 10.9 Å². The van der Waals surface area contributed by atoms with Gasteiger partial charge in [-0.2, -0.15) is 5.10 Å². The first-order valence-corrected chi connectivity index (χ1v) is 6.99. The maximum Gasteiger partial charge on any atom is 0.253 e. The molecule has 0 aliphatic rings. The van der Waals surface area contributed by atoms with Crippen LogP contribution in [0.4, 0.5) is 0 Å². The number of nitrogens with one attached hydrogen (secondary N) is 1. The van der Waals surface area contributed by atoms with E-state index in [0.717, 1.165) is 37.0 Å². The van der Waals surface area contributed by atoms with Crippen molar-refractivity contribution < 1.29 is 4.79 Å².